The van der Waals surface area contributed by atoms with E-state index in [1.807, 2.05) is 45.0 Å². The van der Waals surface area contributed by atoms with Crippen LogP contribution in [0.5, 0.6) is 0 Å². The summed E-state index contributed by atoms with van der Waals surface area (Å²) in [6, 6.07) is 7.48. The minimum Gasteiger partial charge on any atom is -0.221 e. The van der Waals surface area contributed by atoms with Gasteiger partial charge in [-0.3, -0.25) is 0 Å². The summed E-state index contributed by atoms with van der Waals surface area (Å²) in [6.07, 6.45) is 0.486. The molecule has 2 aromatic rings. The maximum absolute atomic E-state index is 11.8. The van der Waals surface area contributed by atoms with Gasteiger partial charge in [-0.15, -0.1) is 0 Å². The van der Waals surface area contributed by atoms with E-state index >= 15 is 0 Å². The lowest BCUT2D eigenvalue weighted by Gasteiger charge is -2.03. The predicted octanol–water partition coefficient (Wildman–Crippen LogP) is 3.96. The molecule has 1 aromatic heterocycles. The Morgan fingerprint density at radius 2 is 1.81 bits per heavy atom. The highest BCUT2D eigenvalue weighted by atomic mass is 35.7. The molecule has 0 aliphatic carbocycles. The molecule has 21 heavy (non-hydrogen) atoms. The van der Waals surface area contributed by atoms with Crippen molar-refractivity contribution < 1.29 is 8.42 Å². The molecule has 0 aliphatic heterocycles. The lowest BCUT2D eigenvalue weighted by Crippen LogP contribution is -2.01. The maximum Gasteiger partial charge on any atom is 0.266 e. The van der Waals surface area contributed by atoms with Crippen molar-refractivity contribution in [3.8, 4) is 5.69 Å². The second-order valence-corrected chi connectivity index (χ2v) is 8.21. The zero-order valence-corrected chi connectivity index (χ0v) is 14.3. The van der Waals surface area contributed by atoms with Crippen LogP contribution in [-0.4, -0.2) is 18.2 Å². The molecule has 0 amide bonds. The lowest BCUT2D eigenvalue weighted by atomic mass is 10.1. The number of hydrogen-bond donors (Lipinski definition) is 0. The minimum absolute atomic E-state index is 0.0181. The Labute approximate surface area is 134 Å². The molecule has 1 heterocycles. The lowest BCUT2D eigenvalue weighted by molar-refractivity contribution is 0.600. The predicted molar refractivity (Wildman–Crippen MR) is 84.9 cm³/mol. The molecule has 0 saturated heterocycles. The van der Waals surface area contributed by atoms with E-state index in [-0.39, 0.29) is 16.0 Å². The minimum atomic E-state index is -3.95. The summed E-state index contributed by atoms with van der Waals surface area (Å²) >= 11 is 6.21. The van der Waals surface area contributed by atoms with Gasteiger partial charge in [0, 0.05) is 10.7 Å². The third-order valence-electron chi connectivity index (χ3n) is 2.98. The van der Waals surface area contributed by atoms with Gasteiger partial charge in [0.2, 0.25) is 0 Å². The van der Waals surface area contributed by atoms with Crippen LogP contribution in [0.1, 0.15) is 25.1 Å². The average Bonchev–Trinajstić information content (AvgIpc) is 2.66. The first kappa shape index (κ1) is 16.3. The van der Waals surface area contributed by atoms with Crippen LogP contribution < -0.4 is 0 Å². The van der Waals surface area contributed by atoms with Crippen LogP contribution in [0.3, 0.4) is 0 Å². The van der Waals surface area contributed by atoms with E-state index in [9.17, 15) is 8.42 Å². The molecule has 0 atom stereocenters. The summed E-state index contributed by atoms with van der Waals surface area (Å²) in [6.45, 7) is 5.92. The van der Waals surface area contributed by atoms with Gasteiger partial charge in [-0.1, -0.05) is 43.1 Å². The number of benzene rings is 1. The first-order valence-corrected chi connectivity index (χ1v) is 9.18. The molecule has 4 nitrogen and oxygen atoms in total. The van der Waals surface area contributed by atoms with Crippen LogP contribution >= 0.6 is 22.3 Å². The molecular weight excluding hydrogens is 331 g/mol. The molecule has 0 N–H and O–H groups in total. The monoisotopic (exact) mass is 346 g/mol. The van der Waals surface area contributed by atoms with Crippen LogP contribution in [0.4, 0.5) is 0 Å². The van der Waals surface area contributed by atoms with Gasteiger partial charge in [-0.05, 0) is 31.4 Å². The zero-order valence-electron chi connectivity index (χ0n) is 12.0. The fourth-order valence-electron chi connectivity index (χ4n) is 2.04. The highest BCUT2D eigenvalue weighted by molar-refractivity contribution is 8.13. The summed E-state index contributed by atoms with van der Waals surface area (Å²) in [5, 5.41) is 4.36. The molecule has 1 aromatic carbocycles. The molecule has 0 aliphatic rings. The van der Waals surface area contributed by atoms with Crippen molar-refractivity contribution in [3.05, 3.63) is 40.7 Å². The van der Waals surface area contributed by atoms with Gasteiger partial charge in [0.25, 0.3) is 9.05 Å². The summed E-state index contributed by atoms with van der Waals surface area (Å²) in [4.78, 5) is -0.0971. The van der Waals surface area contributed by atoms with E-state index < -0.39 is 9.05 Å². The van der Waals surface area contributed by atoms with Crippen molar-refractivity contribution in [3.63, 3.8) is 0 Å². The normalized spacial score (nSPS) is 12.1. The van der Waals surface area contributed by atoms with Crippen LogP contribution in [0.25, 0.3) is 5.69 Å². The van der Waals surface area contributed by atoms with Crippen LogP contribution in [0.2, 0.25) is 5.15 Å². The molecule has 0 radical (unpaired) electrons. The Hall–Kier alpha value is -1.04. The van der Waals surface area contributed by atoms with Gasteiger partial charge in [0.1, 0.15) is 4.90 Å². The second-order valence-electron chi connectivity index (χ2n) is 5.35. The van der Waals surface area contributed by atoms with E-state index in [1.165, 1.54) is 4.68 Å². The molecule has 114 valence electrons. The Kier molecular flexibility index (Phi) is 4.66. The summed E-state index contributed by atoms with van der Waals surface area (Å²) in [5.74, 6) is 0.236. The number of rotatable bonds is 4. The standard InChI is InChI=1S/C14H16Cl2N2O2S/c1-9(2)8-12-13(21(16,19)20)14(15)18(17-12)11-6-4-10(3)5-7-11/h4-7,9H,8H2,1-3H3. The third kappa shape index (κ3) is 3.59. The summed E-state index contributed by atoms with van der Waals surface area (Å²) in [7, 11) is 1.56. The first-order chi connectivity index (χ1) is 9.70. The number of aryl methyl sites for hydroxylation is 1. The quantitative estimate of drug-likeness (QED) is 0.787. The van der Waals surface area contributed by atoms with E-state index in [1.54, 1.807) is 0 Å². The molecule has 0 bridgehead atoms. The Morgan fingerprint density at radius 3 is 2.29 bits per heavy atom. The van der Waals surface area contributed by atoms with Crippen molar-refractivity contribution in [1.29, 1.82) is 0 Å². The highest BCUT2D eigenvalue weighted by Crippen LogP contribution is 2.31. The fraction of sp³-hybridized carbons (Fsp3) is 0.357. The molecule has 0 fully saturated rings. The zero-order chi connectivity index (χ0) is 15.8. The molecule has 0 spiro atoms. The maximum atomic E-state index is 11.8. The van der Waals surface area contributed by atoms with Crippen LogP contribution in [-0.2, 0) is 15.5 Å². The smallest absolute Gasteiger partial charge is 0.221 e. The van der Waals surface area contributed by atoms with Gasteiger partial charge in [0.05, 0.1) is 11.4 Å². The second kappa shape index (κ2) is 5.99. The van der Waals surface area contributed by atoms with Crippen molar-refractivity contribution in [2.45, 2.75) is 32.1 Å². The Morgan fingerprint density at radius 1 is 1.24 bits per heavy atom. The van der Waals surface area contributed by atoms with Crippen LogP contribution in [0, 0.1) is 12.8 Å². The Balaban J connectivity index is 2.64. The molecule has 7 heteroatoms. The van der Waals surface area contributed by atoms with Crippen LogP contribution in [0.15, 0.2) is 29.2 Å². The first-order valence-electron chi connectivity index (χ1n) is 6.49. The highest BCUT2D eigenvalue weighted by Gasteiger charge is 2.27. The van der Waals surface area contributed by atoms with Crippen molar-refractivity contribution in [1.82, 2.24) is 9.78 Å². The number of halogens is 2. The number of hydrogen-bond acceptors (Lipinski definition) is 3. The average molecular weight is 347 g/mol. The molecular formula is C14H16Cl2N2O2S. The SMILES string of the molecule is Cc1ccc(-n2nc(CC(C)C)c(S(=O)(=O)Cl)c2Cl)cc1. The summed E-state index contributed by atoms with van der Waals surface area (Å²) < 4.78 is 25.0. The Bertz CT molecular complexity index is 750. The molecule has 2 rings (SSSR count). The van der Waals surface area contributed by atoms with E-state index in [0.717, 1.165) is 5.56 Å². The van der Waals surface area contributed by atoms with Gasteiger partial charge in [-0.2, -0.15) is 5.10 Å². The van der Waals surface area contributed by atoms with E-state index in [2.05, 4.69) is 5.10 Å². The number of nitrogens with zero attached hydrogens (tertiary/aromatic N) is 2. The largest absolute Gasteiger partial charge is 0.266 e. The van der Waals surface area contributed by atoms with Gasteiger partial charge >= 0.3 is 0 Å². The molecule has 0 saturated carbocycles. The molecule has 0 unspecified atom stereocenters. The van der Waals surface area contributed by atoms with E-state index in [4.69, 9.17) is 22.3 Å². The fourth-order valence-corrected chi connectivity index (χ4v) is 3.89. The van der Waals surface area contributed by atoms with Crippen molar-refractivity contribution >= 4 is 31.3 Å². The topological polar surface area (TPSA) is 52.0 Å². The van der Waals surface area contributed by atoms with Crippen molar-refractivity contribution in [2.75, 3.05) is 0 Å². The summed E-state index contributed by atoms with van der Waals surface area (Å²) in [5.41, 5.74) is 2.18. The third-order valence-corrected chi connectivity index (χ3v) is 4.82. The van der Waals surface area contributed by atoms with Gasteiger partial charge in [0.15, 0.2) is 5.15 Å². The van der Waals surface area contributed by atoms with Gasteiger partial charge in [-0.25, -0.2) is 13.1 Å². The van der Waals surface area contributed by atoms with E-state index in [0.29, 0.717) is 17.8 Å². The van der Waals surface area contributed by atoms with Crippen molar-refractivity contribution in [2.24, 2.45) is 5.92 Å². The van der Waals surface area contributed by atoms with Gasteiger partial charge < -0.3 is 0 Å². The number of aromatic nitrogens is 2.